The van der Waals surface area contributed by atoms with Gasteiger partial charge in [-0.3, -0.25) is 0 Å². The fraction of sp³-hybridized carbons (Fsp3) is 0.643. The second kappa shape index (κ2) is 5.75. The smallest absolute Gasteiger partial charge is 0.358 e. The molecule has 0 radical (unpaired) electrons. The number of aromatic nitrogens is 2. The molecule has 0 bridgehead atoms. The molecule has 20 heavy (non-hydrogen) atoms. The number of hydrogen-bond acceptors (Lipinski definition) is 6. The summed E-state index contributed by atoms with van der Waals surface area (Å²) < 4.78 is 10.1. The molecule has 0 amide bonds. The minimum absolute atomic E-state index is 0.246. The topological polar surface area (TPSA) is 64.5 Å². The molecule has 0 aromatic carbocycles. The van der Waals surface area contributed by atoms with Gasteiger partial charge in [0.15, 0.2) is 5.69 Å². The van der Waals surface area contributed by atoms with E-state index >= 15 is 0 Å². The van der Waals surface area contributed by atoms with Crippen molar-refractivity contribution < 1.29 is 14.3 Å². The summed E-state index contributed by atoms with van der Waals surface area (Å²) in [5, 5.41) is 0. The lowest BCUT2D eigenvalue weighted by Crippen LogP contribution is -2.32. The molecule has 6 heteroatoms. The van der Waals surface area contributed by atoms with E-state index in [-0.39, 0.29) is 5.69 Å². The summed E-state index contributed by atoms with van der Waals surface area (Å²) in [6, 6.07) is 0.564. The first-order valence-electron chi connectivity index (χ1n) is 7.02. The van der Waals surface area contributed by atoms with Gasteiger partial charge < -0.3 is 14.4 Å². The van der Waals surface area contributed by atoms with Gasteiger partial charge in [0.25, 0.3) is 0 Å². The summed E-state index contributed by atoms with van der Waals surface area (Å²) >= 11 is 0. The molecule has 0 spiro atoms. The number of nitrogens with zero attached hydrogens (tertiary/aromatic N) is 3. The number of rotatable bonds is 5. The van der Waals surface area contributed by atoms with Gasteiger partial charge in [0, 0.05) is 25.1 Å². The standard InChI is InChI=1S/C14H19N3O3/c1-19-14(18)12-6-16-13(7-15-12)17(11-2-3-11)8-10-4-5-20-9-10/h6-7,10-11H,2-5,8-9H2,1H3. The van der Waals surface area contributed by atoms with Gasteiger partial charge in [0.05, 0.1) is 26.1 Å². The maximum absolute atomic E-state index is 11.4. The fourth-order valence-electron chi connectivity index (χ4n) is 2.50. The summed E-state index contributed by atoms with van der Waals surface area (Å²) in [5.41, 5.74) is 0.246. The molecule has 1 aromatic rings. The highest BCUT2D eigenvalue weighted by molar-refractivity contribution is 5.86. The number of carbonyl (C=O) groups is 1. The van der Waals surface area contributed by atoms with Crippen LogP contribution in [0.1, 0.15) is 29.8 Å². The third-order valence-corrected chi connectivity index (χ3v) is 3.79. The maximum atomic E-state index is 11.4. The van der Waals surface area contributed by atoms with Crippen molar-refractivity contribution in [3.8, 4) is 0 Å². The van der Waals surface area contributed by atoms with E-state index in [4.69, 9.17) is 4.74 Å². The maximum Gasteiger partial charge on any atom is 0.358 e. The van der Waals surface area contributed by atoms with Crippen LogP contribution in [0.5, 0.6) is 0 Å². The second-order valence-electron chi connectivity index (χ2n) is 5.36. The molecule has 2 fully saturated rings. The molecule has 3 rings (SSSR count). The van der Waals surface area contributed by atoms with Crippen molar-refractivity contribution >= 4 is 11.8 Å². The average molecular weight is 277 g/mol. The Kier molecular flexibility index (Phi) is 3.82. The minimum atomic E-state index is -0.453. The normalized spacial score (nSPS) is 21.8. The van der Waals surface area contributed by atoms with Crippen LogP contribution < -0.4 is 4.90 Å². The van der Waals surface area contributed by atoms with E-state index in [0.717, 1.165) is 32.0 Å². The van der Waals surface area contributed by atoms with Crippen LogP contribution in [0.4, 0.5) is 5.82 Å². The number of carbonyl (C=O) groups excluding carboxylic acids is 1. The summed E-state index contributed by atoms with van der Waals surface area (Å²) in [4.78, 5) is 22.2. The van der Waals surface area contributed by atoms with E-state index in [1.807, 2.05) is 0 Å². The SMILES string of the molecule is COC(=O)c1cnc(N(CC2CCOC2)C2CC2)cn1. The van der Waals surface area contributed by atoms with E-state index in [9.17, 15) is 4.79 Å². The third-order valence-electron chi connectivity index (χ3n) is 3.79. The number of ether oxygens (including phenoxy) is 2. The van der Waals surface area contributed by atoms with Crippen LogP contribution in [-0.4, -0.2) is 48.8 Å². The molecule has 108 valence electrons. The Morgan fingerprint density at radius 1 is 1.40 bits per heavy atom. The van der Waals surface area contributed by atoms with Crippen molar-refractivity contribution in [2.24, 2.45) is 5.92 Å². The molecular weight excluding hydrogens is 258 g/mol. The van der Waals surface area contributed by atoms with E-state index in [1.165, 1.54) is 26.1 Å². The first-order chi connectivity index (χ1) is 9.78. The highest BCUT2D eigenvalue weighted by Gasteiger charge is 2.32. The lowest BCUT2D eigenvalue weighted by Gasteiger charge is -2.25. The fourth-order valence-corrected chi connectivity index (χ4v) is 2.50. The average Bonchev–Trinajstić information content (AvgIpc) is 3.21. The summed E-state index contributed by atoms with van der Waals surface area (Å²) in [6.45, 7) is 2.64. The van der Waals surface area contributed by atoms with Gasteiger partial charge in [-0.25, -0.2) is 14.8 Å². The Bertz CT molecular complexity index is 467. The van der Waals surface area contributed by atoms with Gasteiger partial charge in [0.2, 0.25) is 0 Å². The molecular formula is C14H19N3O3. The predicted molar refractivity (Wildman–Crippen MR) is 72.7 cm³/mol. The van der Waals surface area contributed by atoms with Crippen molar-refractivity contribution in [3.63, 3.8) is 0 Å². The van der Waals surface area contributed by atoms with Gasteiger partial charge in [-0.15, -0.1) is 0 Å². The van der Waals surface area contributed by atoms with Crippen molar-refractivity contribution in [2.75, 3.05) is 31.8 Å². The lowest BCUT2D eigenvalue weighted by atomic mass is 10.1. The monoisotopic (exact) mass is 277 g/mol. The first-order valence-corrected chi connectivity index (χ1v) is 7.02. The summed E-state index contributed by atoms with van der Waals surface area (Å²) in [7, 11) is 1.34. The third kappa shape index (κ3) is 2.90. The van der Waals surface area contributed by atoms with Gasteiger partial charge in [-0.05, 0) is 19.3 Å². The Balaban J connectivity index is 1.71. The summed E-state index contributed by atoms with van der Waals surface area (Å²) in [5.74, 6) is 0.955. The Morgan fingerprint density at radius 2 is 2.25 bits per heavy atom. The molecule has 6 nitrogen and oxygen atoms in total. The molecule has 2 heterocycles. The zero-order valence-electron chi connectivity index (χ0n) is 11.6. The van der Waals surface area contributed by atoms with Gasteiger partial charge in [-0.2, -0.15) is 0 Å². The van der Waals surface area contributed by atoms with E-state index in [1.54, 1.807) is 6.20 Å². The molecule has 1 saturated carbocycles. The van der Waals surface area contributed by atoms with Gasteiger partial charge in [-0.1, -0.05) is 0 Å². The Labute approximate surface area is 118 Å². The largest absolute Gasteiger partial charge is 0.464 e. The summed E-state index contributed by atoms with van der Waals surface area (Å²) in [6.07, 6.45) is 6.67. The van der Waals surface area contributed by atoms with E-state index < -0.39 is 5.97 Å². The lowest BCUT2D eigenvalue weighted by molar-refractivity contribution is 0.0593. The predicted octanol–water partition coefficient (Wildman–Crippen LogP) is 1.27. The second-order valence-corrected chi connectivity index (χ2v) is 5.36. The zero-order valence-corrected chi connectivity index (χ0v) is 11.6. The molecule has 1 aliphatic heterocycles. The van der Waals surface area contributed by atoms with Crippen LogP contribution in [0.25, 0.3) is 0 Å². The molecule has 2 aliphatic rings. The van der Waals surface area contributed by atoms with Crippen molar-refractivity contribution in [1.29, 1.82) is 0 Å². The van der Waals surface area contributed by atoms with E-state index in [0.29, 0.717) is 12.0 Å². The molecule has 0 N–H and O–H groups in total. The molecule has 1 aromatic heterocycles. The molecule has 1 unspecified atom stereocenters. The Hall–Kier alpha value is -1.69. The number of esters is 1. The number of hydrogen-bond donors (Lipinski definition) is 0. The molecule has 1 atom stereocenters. The van der Waals surface area contributed by atoms with Crippen LogP contribution in [0.2, 0.25) is 0 Å². The minimum Gasteiger partial charge on any atom is -0.464 e. The number of methoxy groups -OCH3 is 1. The highest BCUT2D eigenvalue weighted by Crippen LogP contribution is 2.32. The molecule has 1 saturated heterocycles. The van der Waals surface area contributed by atoms with Crippen LogP contribution in [0.3, 0.4) is 0 Å². The highest BCUT2D eigenvalue weighted by atomic mass is 16.5. The van der Waals surface area contributed by atoms with Crippen LogP contribution in [0, 0.1) is 5.92 Å². The van der Waals surface area contributed by atoms with Crippen LogP contribution in [-0.2, 0) is 9.47 Å². The first kappa shape index (κ1) is 13.3. The van der Waals surface area contributed by atoms with Crippen molar-refractivity contribution in [2.45, 2.75) is 25.3 Å². The Morgan fingerprint density at radius 3 is 2.80 bits per heavy atom. The zero-order chi connectivity index (χ0) is 13.9. The number of anilines is 1. The quantitative estimate of drug-likeness (QED) is 0.755. The van der Waals surface area contributed by atoms with Crippen molar-refractivity contribution in [1.82, 2.24) is 9.97 Å². The van der Waals surface area contributed by atoms with Crippen LogP contribution >= 0.6 is 0 Å². The van der Waals surface area contributed by atoms with Gasteiger partial charge in [0.1, 0.15) is 5.82 Å². The van der Waals surface area contributed by atoms with Crippen LogP contribution in [0.15, 0.2) is 12.4 Å². The van der Waals surface area contributed by atoms with E-state index in [2.05, 4.69) is 19.6 Å². The van der Waals surface area contributed by atoms with Gasteiger partial charge >= 0.3 is 5.97 Å². The molecule has 1 aliphatic carbocycles. The van der Waals surface area contributed by atoms with Crippen molar-refractivity contribution in [3.05, 3.63) is 18.1 Å².